The second kappa shape index (κ2) is 6.07. The van der Waals surface area contributed by atoms with Crippen LogP contribution in [0.5, 0.6) is 23.0 Å². The zero-order chi connectivity index (χ0) is 16.5. The van der Waals surface area contributed by atoms with E-state index in [1.165, 1.54) is 5.56 Å². The normalized spacial score (nSPS) is 16.3. The van der Waals surface area contributed by atoms with Gasteiger partial charge in [0, 0.05) is 11.3 Å². The van der Waals surface area contributed by atoms with E-state index in [1.807, 2.05) is 24.3 Å². The van der Waals surface area contributed by atoms with Gasteiger partial charge in [-0.25, -0.2) is 0 Å². The molecule has 5 heteroatoms. The van der Waals surface area contributed by atoms with Crippen molar-refractivity contribution >= 4 is 5.71 Å². The SMILES string of the molecule is COc1cc2c(cc1OC)C(=NCc1ccc3c(c1)OCO3)CC2. The van der Waals surface area contributed by atoms with E-state index < -0.39 is 0 Å². The van der Waals surface area contributed by atoms with Crippen molar-refractivity contribution < 1.29 is 18.9 Å². The van der Waals surface area contributed by atoms with Crippen molar-refractivity contribution in [3.05, 3.63) is 47.0 Å². The Bertz CT molecular complexity index is 813. The summed E-state index contributed by atoms with van der Waals surface area (Å²) in [6.45, 7) is 0.919. The molecule has 0 atom stereocenters. The second-order valence-corrected chi connectivity index (χ2v) is 5.81. The number of methoxy groups -OCH3 is 2. The summed E-state index contributed by atoms with van der Waals surface area (Å²) in [5, 5.41) is 0. The molecule has 124 valence electrons. The van der Waals surface area contributed by atoms with Gasteiger partial charge >= 0.3 is 0 Å². The molecule has 0 amide bonds. The lowest BCUT2D eigenvalue weighted by atomic mass is 10.1. The summed E-state index contributed by atoms with van der Waals surface area (Å²) < 4.78 is 21.6. The third-order valence-electron chi connectivity index (χ3n) is 4.44. The Morgan fingerprint density at radius 3 is 2.58 bits per heavy atom. The fraction of sp³-hybridized carbons (Fsp3) is 0.316. The molecule has 24 heavy (non-hydrogen) atoms. The molecule has 1 aliphatic heterocycles. The minimum Gasteiger partial charge on any atom is -0.493 e. The number of ether oxygens (including phenoxy) is 4. The van der Waals surface area contributed by atoms with Crippen LogP contribution in [0, 0.1) is 0 Å². The molecule has 0 spiro atoms. The molecular weight excluding hydrogens is 306 g/mol. The number of benzene rings is 2. The van der Waals surface area contributed by atoms with Gasteiger partial charge in [0.15, 0.2) is 23.0 Å². The van der Waals surface area contributed by atoms with Gasteiger partial charge in [-0.3, -0.25) is 4.99 Å². The van der Waals surface area contributed by atoms with E-state index in [9.17, 15) is 0 Å². The molecule has 0 saturated heterocycles. The van der Waals surface area contributed by atoms with Crippen molar-refractivity contribution in [2.24, 2.45) is 4.99 Å². The third kappa shape index (κ3) is 2.56. The maximum atomic E-state index is 5.42. The zero-order valence-corrected chi connectivity index (χ0v) is 13.8. The standard InChI is InChI=1S/C19H19NO4/c1-21-17-8-13-4-5-15(14(13)9-18(17)22-2)20-10-12-3-6-16-19(7-12)24-11-23-16/h3,6-9H,4-5,10-11H2,1-2H3. The molecule has 0 aromatic heterocycles. The Balaban J connectivity index is 1.59. The molecule has 0 bridgehead atoms. The fourth-order valence-corrected chi connectivity index (χ4v) is 3.17. The average Bonchev–Trinajstić information content (AvgIpc) is 3.24. The van der Waals surface area contributed by atoms with Crippen LogP contribution in [-0.2, 0) is 13.0 Å². The van der Waals surface area contributed by atoms with Crippen LogP contribution in [0.2, 0.25) is 0 Å². The molecule has 1 aliphatic carbocycles. The van der Waals surface area contributed by atoms with Crippen LogP contribution < -0.4 is 18.9 Å². The van der Waals surface area contributed by atoms with Crippen LogP contribution in [0.1, 0.15) is 23.1 Å². The predicted molar refractivity (Wildman–Crippen MR) is 90.7 cm³/mol. The number of nitrogens with zero attached hydrogens (tertiary/aromatic N) is 1. The van der Waals surface area contributed by atoms with Gasteiger partial charge in [0.1, 0.15) is 0 Å². The summed E-state index contributed by atoms with van der Waals surface area (Å²) >= 11 is 0. The minimum absolute atomic E-state index is 0.294. The Hall–Kier alpha value is -2.69. The average molecular weight is 325 g/mol. The largest absolute Gasteiger partial charge is 0.493 e. The summed E-state index contributed by atoms with van der Waals surface area (Å²) in [6.07, 6.45) is 1.92. The van der Waals surface area contributed by atoms with E-state index in [2.05, 4.69) is 6.07 Å². The highest BCUT2D eigenvalue weighted by Crippen LogP contribution is 2.36. The van der Waals surface area contributed by atoms with Crippen LogP contribution in [0.25, 0.3) is 0 Å². The quantitative estimate of drug-likeness (QED) is 0.865. The van der Waals surface area contributed by atoms with Crippen LogP contribution in [0.15, 0.2) is 35.3 Å². The van der Waals surface area contributed by atoms with Gasteiger partial charge in [0.2, 0.25) is 6.79 Å². The van der Waals surface area contributed by atoms with Gasteiger partial charge in [0.25, 0.3) is 0 Å². The summed E-state index contributed by atoms with van der Waals surface area (Å²) in [6, 6.07) is 10.0. The second-order valence-electron chi connectivity index (χ2n) is 5.81. The van der Waals surface area contributed by atoms with Crippen molar-refractivity contribution in [3.8, 4) is 23.0 Å². The van der Waals surface area contributed by atoms with Gasteiger partial charge in [-0.2, -0.15) is 0 Å². The Kier molecular flexibility index (Phi) is 3.76. The summed E-state index contributed by atoms with van der Waals surface area (Å²) in [4.78, 5) is 4.82. The number of hydrogen-bond acceptors (Lipinski definition) is 5. The van der Waals surface area contributed by atoms with E-state index >= 15 is 0 Å². The van der Waals surface area contributed by atoms with Gasteiger partial charge in [-0.15, -0.1) is 0 Å². The number of aliphatic imine (C=N–C) groups is 1. The molecule has 0 N–H and O–H groups in total. The third-order valence-corrected chi connectivity index (χ3v) is 4.44. The van der Waals surface area contributed by atoms with E-state index in [4.69, 9.17) is 23.9 Å². The molecule has 0 radical (unpaired) electrons. The highest BCUT2D eigenvalue weighted by atomic mass is 16.7. The molecular formula is C19H19NO4. The van der Waals surface area contributed by atoms with Crippen LogP contribution in [0.3, 0.4) is 0 Å². The maximum absolute atomic E-state index is 5.42. The first-order valence-electron chi connectivity index (χ1n) is 7.95. The Labute approximate surface area is 140 Å². The lowest BCUT2D eigenvalue weighted by Gasteiger charge is -2.10. The van der Waals surface area contributed by atoms with Gasteiger partial charge in [-0.1, -0.05) is 6.07 Å². The zero-order valence-electron chi connectivity index (χ0n) is 13.8. The predicted octanol–water partition coefficient (Wildman–Crippen LogP) is 3.37. The van der Waals surface area contributed by atoms with Crippen molar-refractivity contribution in [2.45, 2.75) is 19.4 Å². The van der Waals surface area contributed by atoms with E-state index in [0.717, 1.165) is 52.7 Å². The molecule has 5 nitrogen and oxygen atoms in total. The number of aryl methyl sites for hydroxylation is 1. The minimum atomic E-state index is 0.294. The molecule has 1 heterocycles. The number of rotatable bonds is 4. The van der Waals surface area contributed by atoms with Crippen molar-refractivity contribution in [1.29, 1.82) is 0 Å². The van der Waals surface area contributed by atoms with Crippen molar-refractivity contribution in [1.82, 2.24) is 0 Å². The van der Waals surface area contributed by atoms with Crippen molar-refractivity contribution in [2.75, 3.05) is 21.0 Å². The Morgan fingerprint density at radius 1 is 0.958 bits per heavy atom. The first kappa shape index (κ1) is 14.9. The smallest absolute Gasteiger partial charge is 0.231 e. The van der Waals surface area contributed by atoms with Crippen LogP contribution in [-0.4, -0.2) is 26.7 Å². The molecule has 0 unspecified atom stereocenters. The van der Waals surface area contributed by atoms with Crippen LogP contribution in [0.4, 0.5) is 0 Å². The molecule has 2 aromatic carbocycles. The fourth-order valence-electron chi connectivity index (χ4n) is 3.17. The molecule has 4 rings (SSSR count). The van der Waals surface area contributed by atoms with Gasteiger partial charge in [-0.05, 0) is 48.2 Å². The highest BCUT2D eigenvalue weighted by Gasteiger charge is 2.21. The van der Waals surface area contributed by atoms with Gasteiger partial charge in [0.05, 0.1) is 20.8 Å². The number of hydrogen-bond donors (Lipinski definition) is 0. The molecule has 0 fully saturated rings. The Morgan fingerprint density at radius 2 is 1.75 bits per heavy atom. The molecule has 2 aliphatic rings. The van der Waals surface area contributed by atoms with Crippen LogP contribution >= 0.6 is 0 Å². The number of fused-ring (bicyclic) bond motifs is 2. The highest BCUT2D eigenvalue weighted by molar-refractivity contribution is 6.05. The first-order valence-corrected chi connectivity index (χ1v) is 7.95. The summed E-state index contributed by atoms with van der Waals surface area (Å²) in [5.41, 5.74) is 4.65. The maximum Gasteiger partial charge on any atom is 0.231 e. The van der Waals surface area contributed by atoms with Gasteiger partial charge < -0.3 is 18.9 Å². The van der Waals surface area contributed by atoms with E-state index in [-0.39, 0.29) is 0 Å². The molecule has 0 saturated carbocycles. The molecule has 2 aromatic rings. The van der Waals surface area contributed by atoms with E-state index in [0.29, 0.717) is 13.3 Å². The lowest BCUT2D eigenvalue weighted by Crippen LogP contribution is -1.98. The van der Waals surface area contributed by atoms with Crippen molar-refractivity contribution in [3.63, 3.8) is 0 Å². The topological polar surface area (TPSA) is 49.3 Å². The summed E-state index contributed by atoms with van der Waals surface area (Å²) in [7, 11) is 3.32. The summed E-state index contributed by atoms with van der Waals surface area (Å²) in [5.74, 6) is 3.11. The monoisotopic (exact) mass is 325 g/mol. The van der Waals surface area contributed by atoms with E-state index in [1.54, 1.807) is 14.2 Å². The first-order chi connectivity index (χ1) is 11.8. The lowest BCUT2D eigenvalue weighted by molar-refractivity contribution is 0.174.